The monoisotopic (exact) mass is 500 g/mol. The van der Waals surface area contributed by atoms with Crippen LogP contribution in [-0.4, -0.2) is 50.7 Å². The number of hydrogen-bond acceptors (Lipinski definition) is 6. The van der Waals surface area contributed by atoms with Crippen LogP contribution in [0.5, 0.6) is 0 Å². The summed E-state index contributed by atoms with van der Waals surface area (Å²) in [5.74, 6) is 0.0389. The number of nitriles is 1. The molecule has 4 rings (SSSR count). The van der Waals surface area contributed by atoms with E-state index in [1.807, 2.05) is 6.07 Å². The zero-order chi connectivity index (χ0) is 26.1. The number of anilines is 1. The molecule has 3 heterocycles. The molecule has 8 nitrogen and oxygen atoms in total. The lowest BCUT2D eigenvalue weighted by Crippen LogP contribution is -2.42. The van der Waals surface area contributed by atoms with E-state index in [1.165, 1.54) is 6.20 Å². The van der Waals surface area contributed by atoms with Gasteiger partial charge < -0.3 is 19.9 Å². The van der Waals surface area contributed by atoms with Crippen molar-refractivity contribution >= 4 is 22.9 Å². The first-order chi connectivity index (χ1) is 16.9. The van der Waals surface area contributed by atoms with Gasteiger partial charge in [0.25, 0.3) is 0 Å². The summed E-state index contributed by atoms with van der Waals surface area (Å²) in [6.45, 7) is 6.23. The van der Waals surface area contributed by atoms with Crippen LogP contribution in [-0.2, 0) is 10.9 Å². The molecule has 2 N–H and O–H groups in total. The molecule has 36 heavy (non-hydrogen) atoms. The highest BCUT2D eigenvalue weighted by atomic mass is 19.4. The highest BCUT2D eigenvalue weighted by molar-refractivity contribution is 5.96. The van der Waals surface area contributed by atoms with Gasteiger partial charge in [0.05, 0.1) is 17.3 Å². The van der Waals surface area contributed by atoms with Crippen molar-refractivity contribution in [1.82, 2.24) is 19.9 Å². The Morgan fingerprint density at radius 1 is 1.28 bits per heavy atom. The van der Waals surface area contributed by atoms with Crippen molar-refractivity contribution in [3.63, 3.8) is 0 Å². The molecule has 2 aromatic heterocycles. The molecule has 190 valence electrons. The van der Waals surface area contributed by atoms with Crippen molar-refractivity contribution in [3.05, 3.63) is 41.7 Å². The largest absolute Gasteiger partial charge is 0.444 e. The molecular formula is C25H27F3N6O2. The minimum absolute atomic E-state index is 0.0389. The average molecular weight is 501 g/mol. The van der Waals surface area contributed by atoms with Crippen LogP contribution in [0.4, 0.5) is 23.9 Å². The third-order valence-corrected chi connectivity index (χ3v) is 5.82. The number of fused-ring (bicyclic) bond motifs is 1. The highest BCUT2D eigenvalue weighted by Gasteiger charge is 2.36. The molecule has 0 spiro atoms. The van der Waals surface area contributed by atoms with E-state index in [2.05, 4.69) is 20.3 Å². The molecule has 1 aliphatic heterocycles. The smallest absolute Gasteiger partial charge is 0.419 e. The Balaban J connectivity index is 1.65. The molecule has 1 unspecified atom stereocenters. The fourth-order valence-corrected chi connectivity index (χ4v) is 4.19. The highest BCUT2D eigenvalue weighted by Crippen LogP contribution is 2.39. The Morgan fingerprint density at radius 2 is 2.06 bits per heavy atom. The number of aromatic amines is 1. The number of benzene rings is 1. The van der Waals surface area contributed by atoms with Crippen LogP contribution in [0.3, 0.4) is 0 Å². The van der Waals surface area contributed by atoms with E-state index in [0.29, 0.717) is 36.0 Å². The van der Waals surface area contributed by atoms with Gasteiger partial charge in [-0.2, -0.15) is 18.4 Å². The number of H-pyrrole nitrogens is 1. The Bertz CT molecular complexity index is 1310. The van der Waals surface area contributed by atoms with Crippen LogP contribution in [0.25, 0.3) is 22.2 Å². The number of alkyl halides is 3. The van der Waals surface area contributed by atoms with Gasteiger partial charge in [0, 0.05) is 48.0 Å². The van der Waals surface area contributed by atoms with Gasteiger partial charge >= 0.3 is 12.3 Å². The summed E-state index contributed by atoms with van der Waals surface area (Å²) in [5, 5.41) is 12.8. The normalized spacial score (nSPS) is 16.9. The summed E-state index contributed by atoms with van der Waals surface area (Å²) < 4.78 is 47.1. The van der Waals surface area contributed by atoms with Crippen molar-refractivity contribution < 1.29 is 22.7 Å². The van der Waals surface area contributed by atoms with E-state index in [-0.39, 0.29) is 23.2 Å². The van der Waals surface area contributed by atoms with Crippen molar-refractivity contribution in [2.24, 2.45) is 0 Å². The van der Waals surface area contributed by atoms with Gasteiger partial charge in [-0.1, -0.05) is 6.07 Å². The predicted octanol–water partition coefficient (Wildman–Crippen LogP) is 5.72. The second-order valence-corrected chi connectivity index (χ2v) is 9.79. The molecule has 1 amide bonds. The maximum absolute atomic E-state index is 13.9. The van der Waals surface area contributed by atoms with Gasteiger partial charge in [0.15, 0.2) is 0 Å². The summed E-state index contributed by atoms with van der Waals surface area (Å²) in [6, 6.07) is 6.47. The number of nitrogens with one attached hydrogen (secondary N) is 2. The first-order valence-corrected chi connectivity index (χ1v) is 11.6. The molecule has 0 bridgehead atoms. The summed E-state index contributed by atoms with van der Waals surface area (Å²) in [4.78, 5) is 25.3. The van der Waals surface area contributed by atoms with E-state index in [1.54, 1.807) is 43.9 Å². The number of carbonyl (C=O) groups is 1. The summed E-state index contributed by atoms with van der Waals surface area (Å²) in [7, 11) is 0. The van der Waals surface area contributed by atoms with Crippen LogP contribution in [0.15, 0.2) is 30.6 Å². The van der Waals surface area contributed by atoms with Crippen molar-refractivity contribution in [1.29, 1.82) is 5.26 Å². The Morgan fingerprint density at radius 3 is 2.75 bits per heavy atom. The number of amides is 1. The van der Waals surface area contributed by atoms with Crippen LogP contribution in [0, 0.1) is 11.3 Å². The molecule has 3 aromatic rings. The van der Waals surface area contributed by atoms with Gasteiger partial charge in [-0.05, 0) is 52.2 Å². The third-order valence-electron chi connectivity index (χ3n) is 5.82. The van der Waals surface area contributed by atoms with Gasteiger partial charge in [-0.25, -0.2) is 14.8 Å². The third kappa shape index (κ3) is 5.70. The van der Waals surface area contributed by atoms with Gasteiger partial charge in [-0.3, -0.25) is 0 Å². The number of nitrogens with zero attached hydrogens (tertiary/aromatic N) is 4. The molecule has 1 atom stereocenters. The van der Waals surface area contributed by atoms with E-state index < -0.39 is 23.4 Å². The van der Waals surface area contributed by atoms with Crippen molar-refractivity contribution in [2.75, 3.05) is 18.4 Å². The van der Waals surface area contributed by atoms with E-state index in [9.17, 15) is 18.0 Å². The average Bonchev–Trinajstić information content (AvgIpc) is 3.07. The second kappa shape index (κ2) is 9.68. The minimum Gasteiger partial charge on any atom is -0.444 e. The zero-order valence-electron chi connectivity index (χ0n) is 20.2. The summed E-state index contributed by atoms with van der Waals surface area (Å²) in [6.07, 6.45) is -0.563. The lowest BCUT2D eigenvalue weighted by molar-refractivity contribution is -0.137. The van der Waals surface area contributed by atoms with E-state index >= 15 is 0 Å². The minimum atomic E-state index is -4.67. The first-order valence-electron chi connectivity index (χ1n) is 11.6. The van der Waals surface area contributed by atoms with E-state index in [0.717, 1.165) is 19.0 Å². The van der Waals surface area contributed by atoms with Crippen molar-refractivity contribution in [3.8, 4) is 17.3 Å². The summed E-state index contributed by atoms with van der Waals surface area (Å²) in [5.41, 5.74) is -0.695. The van der Waals surface area contributed by atoms with Gasteiger partial charge in [-0.15, -0.1) is 0 Å². The Kier molecular flexibility index (Phi) is 6.80. The van der Waals surface area contributed by atoms with Crippen LogP contribution < -0.4 is 5.32 Å². The number of hydrogen-bond donors (Lipinski definition) is 2. The maximum atomic E-state index is 13.9. The number of halogens is 3. The number of rotatable bonds is 3. The lowest BCUT2D eigenvalue weighted by Gasteiger charge is -2.28. The van der Waals surface area contributed by atoms with Crippen molar-refractivity contribution in [2.45, 2.75) is 57.9 Å². The molecule has 0 aliphatic carbocycles. The first kappa shape index (κ1) is 25.3. The second-order valence-electron chi connectivity index (χ2n) is 9.79. The molecule has 1 fully saturated rings. The van der Waals surface area contributed by atoms with Crippen LogP contribution >= 0.6 is 0 Å². The molecule has 0 saturated carbocycles. The predicted molar refractivity (Wildman–Crippen MR) is 128 cm³/mol. The number of ether oxygens (including phenoxy) is 1. The van der Waals surface area contributed by atoms with E-state index in [4.69, 9.17) is 10.00 Å². The Hall–Kier alpha value is -3.81. The fraction of sp³-hybridized carbons (Fsp3) is 0.440. The van der Waals surface area contributed by atoms with Crippen LogP contribution in [0.2, 0.25) is 0 Å². The standard InChI is InChI=1S/C25H27F3N6O2/c1-24(2,3)36-23(35)34-9-5-4-6-16(14-34)32-22-31-13-19(25(26,27)28)21(33-22)18-12-30-20-10-15(11-29)7-8-17(18)20/h7-8,10,12-13,16,30H,4-6,9,14H2,1-3H3,(H,31,32,33). The molecule has 1 aliphatic rings. The van der Waals surface area contributed by atoms with Gasteiger partial charge in [0.2, 0.25) is 5.95 Å². The maximum Gasteiger partial charge on any atom is 0.419 e. The molecule has 0 radical (unpaired) electrons. The lowest BCUT2D eigenvalue weighted by atomic mass is 10.0. The van der Waals surface area contributed by atoms with Gasteiger partial charge in [0.1, 0.15) is 11.2 Å². The molecular weight excluding hydrogens is 473 g/mol. The molecule has 11 heteroatoms. The quantitative estimate of drug-likeness (QED) is 0.477. The fourth-order valence-electron chi connectivity index (χ4n) is 4.19. The SMILES string of the molecule is CC(C)(C)OC(=O)N1CCCCC(Nc2ncc(C(F)(F)F)c(-c3c[nH]c4cc(C#N)ccc34)n2)C1. The molecule has 1 saturated heterocycles. The Labute approximate surface area is 206 Å². The number of likely N-dealkylation sites (tertiary alicyclic amines) is 1. The van der Waals surface area contributed by atoms with Crippen LogP contribution in [0.1, 0.15) is 51.2 Å². The zero-order valence-corrected chi connectivity index (χ0v) is 20.2. The molecule has 1 aromatic carbocycles. The summed E-state index contributed by atoms with van der Waals surface area (Å²) >= 11 is 0. The topological polar surface area (TPSA) is 107 Å². The number of carbonyl (C=O) groups excluding carboxylic acids is 1. The number of aromatic nitrogens is 3.